The lowest BCUT2D eigenvalue weighted by Gasteiger charge is -2.21. The number of amides is 1. The van der Waals surface area contributed by atoms with Crippen LogP contribution in [0, 0.1) is 0 Å². The Bertz CT molecular complexity index is 741. The molecule has 3 rings (SSSR count). The Kier molecular flexibility index (Phi) is 6.55. The van der Waals surface area contributed by atoms with E-state index in [1.807, 2.05) is 24.3 Å². The Morgan fingerprint density at radius 1 is 1.27 bits per heavy atom. The van der Waals surface area contributed by atoms with Gasteiger partial charge in [-0.3, -0.25) is 4.79 Å². The maximum Gasteiger partial charge on any atom is 0.234 e. The third kappa shape index (κ3) is 4.38. The van der Waals surface area contributed by atoms with Gasteiger partial charge in [0, 0.05) is 12.5 Å². The molecule has 1 aliphatic rings. The zero-order valence-electron chi connectivity index (χ0n) is 15.4. The Labute approximate surface area is 158 Å². The lowest BCUT2D eigenvalue weighted by atomic mass is 9.89. The number of ether oxygens (including phenoxy) is 1. The highest BCUT2D eigenvalue weighted by atomic mass is 32.2. The standard InChI is InChI=1S/C19H26N4O2S/c1-3-23-18(14-9-5-4-6-10-14)21-22-19(23)26-13-17(24)20-15-11-7-8-12-16(15)25-2/h7-8,11-12,14H,3-6,9-10,13H2,1-2H3,(H,20,24). The molecule has 6 nitrogen and oxygen atoms in total. The molecule has 1 amide bonds. The second kappa shape index (κ2) is 9.07. The predicted octanol–water partition coefficient (Wildman–Crippen LogP) is 4.09. The van der Waals surface area contributed by atoms with E-state index in [9.17, 15) is 4.79 Å². The first-order valence-electron chi connectivity index (χ1n) is 9.21. The van der Waals surface area contributed by atoms with Crippen LogP contribution in [0.25, 0.3) is 0 Å². The van der Waals surface area contributed by atoms with Gasteiger partial charge in [0.05, 0.1) is 18.6 Å². The van der Waals surface area contributed by atoms with E-state index in [0.29, 0.717) is 23.1 Å². The minimum Gasteiger partial charge on any atom is -0.495 e. The summed E-state index contributed by atoms with van der Waals surface area (Å²) in [5, 5.41) is 12.5. The molecule has 0 spiro atoms. The van der Waals surface area contributed by atoms with Gasteiger partial charge in [0.2, 0.25) is 5.91 Å². The third-order valence-electron chi connectivity index (χ3n) is 4.75. The van der Waals surface area contributed by atoms with Crippen molar-refractivity contribution in [2.24, 2.45) is 0 Å². The molecule has 1 N–H and O–H groups in total. The predicted molar refractivity (Wildman–Crippen MR) is 104 cm³/mol. The zero-order valence-corrected chi connectivity index (χ0v) is 16.2. The minimum atomic E-state index is -0.0793. The van der Waals surface area contributed by atoms with Crippen LogP contribution < -0.4 is 10.1 Å². The van der Waals surface area contributed by atoms with Gasteiger partial charge >= 0.3 is 0 Å². The van der Waals surface area contributed by atoms with Crippen LogP contribution in [0.2, 0.25) is 0 Å². The summed E-state index contributed by atoms with van der Waals surface area (Å²) in [6.45, 7) is 2.93. The number of methoxy groups -OCH3 is 1. The van der Waals surface area contributed by atoms with Crippen LogP contribution in [0.3, 0.4) is 0 Å². The second-order valence-electron chi connectivity index (χ2n) is 6.46. The van der Waals surface area contributed by atoms with Gasteiger partial charge in [0.25, 0.3) is 0 Å². The molecule has 0 bridgehead atoms. The molecule has 0 saturated heterocycles. The molecule has 0 radical (unpaired) electrons. The number of hydrogen-bond acceptors (Lipinski definition) is 5. The Morgan fingerprint density at radius 2 is 2.04 bits per heavy atom. The van der Waals surface area contributed by atoms with Crippen molar-refractivity contribution in [3.8, 4) is 5.75 Å². The van der Waals surface area contributed by atoms with E-state index in [0.717, 1.165) is 17.5 Å². The number of carbonyl (C=O) groups is 1. The first-order valence-corrected chi connectivity index (χ1v) is 10.2. The summed E-state index contributed by atoms with van der Waals surface area (Å²) in [5.41, 5.74) is 0.681. The van der Waals surface area contributed by atoms with Crippen LogP contribution >= 0.6 is 11.8 Å². The van der Waals surface area contributed by atoms with Crippen LogP contribution in [0.1, 0.15) is 50.8 Å². The van der Waals surface area contributed by atoms with Gasteiger partial charge in [-0.1, -0.05) is 43.2 Å². The monoisotopic (exact) mass is 374 g/mol. The molecular weight excluding hydrogens is 348 g/mol. The number of anilines is 1. The summed E-state index contributed by atoms with van der Waals surface area (Å²) in [4.78, 5) is 12.3. The SMILES string of the molecule is CCn1c(SCC(=O)Nc2ccccc2OC)nnc1C1CCCCC1. The van der Waals surface area contributed by atoms with E-state index in [-0.39, 0.29) is 5.91 Å². The zero-order chi connectivity index (χ0) is 18.4. The Hall–Kier alpha value is -2.02. The summed E-state index contributed by atoms with van der Waals surface area (Å²) < 4.78 is 7.43. The normalized spacial score (nSPS) is 15.0. The number of para-hydroxylation sites is 2. The van der Waals surface area contributed by atoms with Crippen molar-refractivity contribution in [3.05, 3.63) is 30.1 Å². The first-order chi connectivity index (χ1) is 12.7. The number of carbonyl (C=O) groups excluding carboxylic acids is 1. The third-order valence-corrected chi connectivity index (χ3v) is 5.71. The van der Waals surface area contributed by atoms with E-state index in [4.69, 9.17) is 4.74 Å². The highest BCUT2D eigenvalue weighted by Crippen LogP contribution is 2.33. The van der Waals surface area contributed by atoms with E-state index >= 15 is 0 Å². The molecule has 0 unspecified atom stereocenters. The van der Waals surface area contributed by atoms with Gasteiger partial charge in [-0.05, 0) is 31.9 Å². The molecule has 1 aromatic heterocycles. The van der Waals surface area contributed by atoms with E-state index in [1.165, 1.54) is 43.9 Å². The van der Waals surface area contributed by atoms with Gasteiger partial charge in [-0.15, -0.1) is 10.2 Å². The topological polar surface area (TPSA) is 69.0 Å². The van der Waals surface area contributed by atoms with E-state index in [2.05, 4.69) is 27.0 Å². The van der Waals surface area contributed by atoms with Crippen molar-refractivity contribution >= 4 is 23.4 Å². The Morgan fingerprint density at radius 3 is 2.77 bits per heavy atom. The highest BCUT2D eigenvalue weighted by molar-refractivity contribution is 7.99. The number of aromatic nitrogens is 3. The minimum absolute atomic E-state index is 0.0793. The first kappa shape index (κ1) is 18.8. The molecule has 140 valence electrons. The molecule has 0 atom stereocenters. The lowest BCUT2D eigenvalue weighted by molar-refractivity contribution is -0.113. The number of thioether (sulfide) groups is 1. The molecule has 1 aliphatic carbocycles. The largest absolute Gasteiger partial charge is 0.495 e. The summed E-state index contributed by atoms with van der Waals surface area (Å²) >= 11 is 1.43. The van der Waals surface area contributed by atoms with Crippen LogP contribution in [0.4, 0.5) is 5.69 Å². The fourth-order valence-corrected chi connectivity index (χ4v) is 4.24. The van der Waals surface area contributed by atoms with Crippen molar-refractivity contribution in [1.82, 2.24) is 14.8 Å². The number of hydrogen-bond donors (Lipinski definition) is 1. The molecule has 7 heteroatoms. The second-order valence-corrected chi connectivity index (χ2v) is 7.40. The van der Waals surface area contributed by atoms with E-state index in [1.54, 1.807) is 7.11 Å². The summed E-state index contributed by atoms with van der Waals surface area (Å²) in [7, 11) is 1.59. The lowest BCUT2D eigenvalue weighted by Crippen LogP contribution is -2.16. The molecule has 1 saturated carbocycles. The van der Waals surface area contributed by atoms with Crippen molar-refractivity contribution in [2.75, 3.05) is 18.2 Å². The van der Waals surface area contributed by atoms with Gasteiger partial charge < -0.3 is 14.6 Å². The maximum atomic E-state index is 12.3. The smallest absolute Gasteiger partial charge is 0.234 e. The average Bonchev–Trinajstić information content (AvgIpc) is 3.10. The van der Waals surface area contributed by atoms with Crippen molar-refractivity contribution < 1.29 is 9.53 Å². The van der Waals surface area contributed by atoms with Gasteiger partial charge in [0.15, 0.2) is 5.16 Å². The van der Waals surface area contributed by atoms with Crippen molar-refractivity contribution in [1.29, 1.82) is 0 Å². The Balaban J connectivity index is 1.62. The summed E-state index contributed by atoms with van der Waals surface area (Å²) in [6.07, 6.45) is 6.24. The average molecular weight is 375 g/mol. The fourth-order valence-electron chi connectivity index (χ4n) is 3.43. The summed E-state index contributed by atoms with van der Waals surface area (Å²) in [5.74, 6) is 2.46. The highest BCUT2D eigenvalue weighted by Gasteiger charge is 2.23. The van der Waals surface area contributed by atoms with Crippen LogP contribution in [-0.2, 0) is 11.3 Å². The molecule has 26 heavy (non-hydrogen) atoms. The van der Waals surface area contributed by atoms with Gasteiger partial charge in [0.1, 0.15) is 11.6 Å². The molecule has 1 aromatic carbocycles. The molecule has 1 heterocycles. The molecule has 1 fully saturated rings. The van der Waals surface area contributed by atoms with Gasteiger partial charge in [-0.2, -0.15) is 0 Å². The fraction of sp³-hybridized carbons (Fsp3) is 0.526. The number of rotatable bonds is 7. The molecular formula is C19H26N4O2S. The maximum absolute atomic E-state index is 12.3. The van der Waals surface area contributed by atoms with Crippen LogP contribution in [0.5, 0.6) is 5.75 Å². The summed E-state index contributed by atoms with van der Waals surface area (Å²) in [6, 6.07) is 7.40. The molecule has 0 aliphatic heterocycles. The number of nitrogens with zero attached hydrogens (tertiary/aromatic N) is 3. The number of benzene rings is 1. The van der Waals surface area contributed by atoms with Gasteiger partial charge in [-0.25, -0.2) is 0 Å². The quantitative estimate of drug-likeness (QED) is 0.740. The number of nitrogens with one attached hydrogen (secondary N) is 1. The van der Waals surface area contributed by atoms with Crippen LogP contribution in [-0.4, -0.2) is 33.5 Å². The van der Waals surface area contributed by atoms with E-state index < -0.39 is 0 Å². The van der Waals surface area contributed by atoms with Crippen molar-refractivity contribution in [3.63, 3.8) is 0 Å². The molecule has 2 aromatic rings. The van der Waals surface area contributed by atoms with Crippen molar-refractivity contribution in [2.45, 2.75) is 56.6 Å². The van der Waals surface area contributed by atoms with Crippen LogP contribution in [0.15, 0.2) is 29.4 Å².